The van der Waals surface area contributed by atoms with Crippen molar-refractivity contribution in [1.82, 2.24) is 15.1 Å². The van der Waals surface area contributed by atoms with Gasteiger partial charge in [0.15, 0.2) is 5.11 Å². The monoisotopic (exact) mass is 352 g/mol. The standard InChI is InChI=1S/C16H18ClFN4S/c1-9-15(20-16(23)19-13-5-6-13)10(2)22(21-9)8-11-3-4-12(18)7-14(11)17/h3-4,7,13H,5-6,8H2,1-2H3,(H2,19,20,23). The first-order valence-corrected chi connectivity index (χ1v) is 8.28. The topological polar surface area (TPSA) is 41.9 Å². The minimum Gasteiger partial charge on any atom is -0.360 e. The van der Waals surface area contributed by atoms with Crippen molar-refractivity contribution in [2.75, 3.05) is 5.32 Å². The summed E-state index contributed by atoms with van der Waals surface area (Å²) < 4.78 is 15.0. The van der Waals surface area contributed by atoms with Crippen LogP contribution < -0.4 is 10.6 Å². The van der Waals surface area contributed by atoms with E-state index in [1.807, 2.05) is 18.5 Å². The molecule has 0 radical (unpaired) electrons. The van der Waals surface area contributed by atoms with Crippen molar-refractivity contribution in [2.45, 2.75) is 39.3 Å². The van der Waals surface area contributed by atoms with Gasteiger partial charge in [-0.05, 0) is 56.6 Å². The van der Waals surface area contributed by atoms with E-state index in [2.05, 4.69) is 15.7 Å². The lowest BCUT2D eigenvalue weighted by Crippen LogP contribution is -2.30. The van der Waals surface area contributed by atoms with Crippen molar-refractivity contribution in [3.63, 3.8) is 0 Å². The van der Waals surface area contributed by atoms with Crippen LogP contribution in [-0.4, -0.2) is 20.9 Å². The molecule has 0 atom stereocenters. The molecule has 0 saturated heterocycles. The van der Waals surface area contributed by atoms with E-state index in [1.165, 1.54) is 25.0 Å². The first-order chi connectivity index (χ1) is 10.9. The molecule has 2 aromatic rings. The summed E-state index contributed by atoms with van der Waals surface area (Å²) in [6, 6.07) is 4.90. The maximum atomic E-state index is 13.1. The fourth-order valence-electron chi connectivity index (χ4n) is 2.41. The van der Waals surface area contributed by atoms with Crippen LogP contribution in [0.4, 0.5) is 10.1 Å². The molecule has 0 aliphatic heterocycles. The molecule has 0 amide bonds. The number of hydrogen-bond donors (Lipinski definition) is 2. The number of aryl methyl sites for hydroxylation is 1. The van der Waals surface area contributed by atoms with Gasteiger partial charge >= 0.3 is 0 Å². The summed E-state index contributed by atoms with van der Waals surface area (Å²) >= 11 is 11.4. The molecule has 3 rings (SSSR count). The number of thiocarbonyl (C=S) groups is 1. The molecule has 2 N–H and O–H groups in total. The summed E-state index contributed by atoms with van der Waals surface area (Å²) in [5.74, 6) is -0.342. The molecule has 1 saturated carbocycles. The van der Waals surface area contributed by atoms with Crippen LogP contribution in [0, 0.1) is 19.7 Å². The Morgan fingerprint density at radius 2 is 2.17 bits per heavy atom. The molecule has 23 heavy (non-hydrogen) atoms. The number of benzene rings is 1. The lowest BCUT2D eigenvalue weighted by Gasteiger charge is -2.11. The third-order valence-corrected chi connectivity index (χ3v) is 4.44. The average Bonchev–Trinajstić information content (AvgIpc) is 3.25. The minimum absolute atomic E-state index is 0.342. The maximum Gasteiger partial charge on any atom is 0.171 e. The predicted octanol–water partition coefficient (Wildman–Crippen LogP) is 3.79. The highest BCUT2D eigenvalue weighted by Gasteiger charge is 2.22. The molecule has 1 aliphatic rings. The number of anilines is 1. The normalized spacial score (nSPS) is 13.9. The molecule has 0 unspecified atom stereocenters. The average molecular weight is 353 g/mol. The molecule has 1 aliphatic carbocycles. The second kappa shape index (κ2) is 6.45. The summed E-state index contributed by atoms with van der Waals surface area (Å²) in [5.41, 5.74) is 3.55. The van der Waals surface area contributed by atoms with Crippen LogP contribution in [-0.2, 0) is 6.54 Å². The van der Waals surface area contributed by atoms with Gasteiger partial charge in [-0.25, -0.2) is 4.39 Å². The van der Waals surface area contributed by atoms with E-state index in [-0.39, 0.29) is 5.82 Å². The highest BCUT2D eigenvalue weighted by Crippen LogP contribution is 2.24. The first-order valence-electron chi connectivity index (χ1n) is 7.49. The number of nitrogens with zero attached hydrogens (tertiary/aromatic N) is 2. The van der Waals surface area contributed by atoms with E-state index in [1.54, 1.807) is 6.07 Å². The highest BCUT2D eigenvalue weighted by atomic mass is 35.5. The summed E-state index contributed by atoms with van der Waals surface area (Å²) in [7, 11) is 0. The van der Waals surface area contributed by atoms with Crippen LogP contribution in [0.2, 0.25) is 5.02 Å². The van der Waals surface area contributed by atoms with Gasteiger partial charge in [0.1, 0.15) is 5.82 Å². The Balaban J connectivity index is 1.77. The molecule has 122 valence electrons. The lowest BCUT2D eigenvalue weighted by atomic mass is 10.2. The molecule has 1 fully saturated rings. The lowest BCUT2D eigenvalue weighted by molar-refractivity contribution is 0.622. The van der Waals surface area contributed by atoms with E-state index >= 15 is 0 Å². The fraction of sp³-hybridized carbons (Fsp3) is 0.375. The Morgan fingerprint density at radius 1 is 1.43 bits per heavy atom. The molecule has 0 bridgehead atoms. The zero-order valence-corrected chi connectivity index (χ0v) is 14.6. The van der Waals surface area contributed by atoms with Gasteiger partial charge < -0.3 is 10.6 Å². The van der Waals surface area contributed by atoms with Crippen LogP contribution in [0.1, 0.15) is 29.8 Å². The third-order valence-electron chi connectivity index (χ3n) is 3.87. The van der Waals surface area contributed by atoms with E-state index in [0.717, 1.165) is 22.6 Å². The number of halogens is 2. The van der Waals surface area contributed by atoms with Crippen LogP contribution in [0.3, 0.4) is 0 Å². The summed E-state index contributed by atoms with van der Waals surface area (Å²) in [6.07, 6.45) is 2.34. The number of aromatic nitrogens is 2. The van der Waals surface area contributed by atoms with Crippen LogP contribution in [0.15, 0.2) is 18.2 Å². The Kier molecular flexibility index (Phi) is 4.55. The molecule has 7 heteroatoms. The van der Waals surface area contributed by atoms with Gasteiger partial charge in [-0.15, -0.1) is 0 Å². The van der Waals surface area contributed by atoms with E-state index in [9.17, 15) is 4.39 Å². The quantitative estimate of drug-likeness (QED) is 0.821. The Bertz CT molecular complexity index is 755. The second-order valence-corrected chi connectivity index (χ2v) is 6.63. The minimum atomic E-state index is -0.342. The van der Waals surface area contributed by atoms with Crippen molar-refractivity contribution in [1.29, 1.82) is 0 Å². The molecular formula is C16H18ClFN4S. The second-order valence-electron chi connectivity index (χ2n) is 5.81. The Morgan fingerprint density at radius 3 is 2.83 bits per heavy atom. The zero-order chi connectivity index (χ0) is 16.6. The van der Waals surface area contributed by atoms with Crippen molar-refractivity contribution >= 4 is 34.6 Å². The Labute approximate surface area is 145 Å². The molecule has 0 spiro atoms. The van der Waals surface area contributed by atoms with Gasteiger partial charge in [-0.1, -0.05) is 17.7 Å². The van der Waals surface area contributed by atoms with E-state index < -0.39 is 0 Å². The summed E-state index contributed by atoms with van der Waals surface area (Å²) in [5, 5.41) is 12.0. The van der Waals surface area contributed by atoms with E-state index in [0.29, 0.717) is 22.7 Å². The van der Waals surface area contributed by atoms with Gasteiger partial charge in [-0.2, -0.15) is 5.10 Å². The molecule has 1 aromatic heterocycles. The fourth-order valence-corrected chi connectivity index (χ4v) is 2.90. The molecule has 4 nitrogen and oxygen atoms in total. The van der Waals surface area contributed by atoms with Crippen molar-refractivity contribution in [3.05, 3.63) is 46.0 Å². The molecular weight excluding hydrogens is 335 g/mol. The first kappa shape index (κ1) is 16.2. The van der Waals surface area contributed by atoms with Gasteiger partial charge in [0.25, 0.3) is 0 Å². The van der Waals surface area contributed by atoms with Crippen LogP contribution in [0.5, 0.6) is 0 Å². The van der Waals surface area contributed by atoms with Crippen LogP contribution >= 0.6 is 23.8 Å². The predicted molar refractivity (Wildman–Crippen MR) is 94.6 cm³/mol. The smallest absolute Gasteiger partial charge is 0.171 e. The molecule has 1 heterocycles. The maximum absolute atomic E-state index is 13.1. The highest BCUT2D eigenvalue weighted by molar-refractivity contribution is 7.80. The molecule has 1 aromatic carbocycles. The third kappa shape index (κ3) is 3.82. The number of rotatable bonds is 4. The summed E-state index contributed by atoms with van der Waals surface area (Å²) in [4.78, 5) is 0. The van der Waals surface area contributed by atoms with Crippen molar-refractivity contribution < 1.29 is 4.39 Å². The Hall–Kier alpha value is -1.66. The largest absolute Gasteiger partial charge is 0.360 e. The van der Waals surface area contributed by atoms with Crippen molar-refractivity contribution in [2.24, 2.45) is 0 Å². The van der Waals surface area contributed by atoms with Crippen LogP contribution in [0.25, 0.3) is 0 Å². The van der Waals surface area contributed by atoms with Crippen molar-refractivity contribution in [3.8, 4) is 0 Å². The summed E-state index contributed by atoms with van der Waals surface area (Å²) in [6.45, 7) is 4.38. The zero-order valence-electron chi connectivity index (χ0n) is 13.0. The van der Waals surface area contributed by atoms with Gasteiger partial charge in [0.05, 0.1) is 23.6 Å². The van der Waals surface area contributed by atoms with Gasteiger partial charge in [0.2, 0.25) is 0 Å². The SMILES string of the molecule is Cc1nn(Cc2ccc(F)cc2Cl)c(C)c1NC(=S)NC1CC1. The van der Waals surface area contributed by atoms with E-state index in [4.69, 9.17) is 23.8 Å². The number of hydrogen-bond acceptors (Lipinski definition) is 2. The van der Waals surface area contributed by atoms with Gasteiger partial charge in [0, 0.05) is 11.1 Å². The van der Waals surface area contributed by atoms with Gasteiger partial charge in [-0.3, -0.25) is 4.68 Å². The number of nitrogens with one attached hydrogen (secondary N) is 2.